The summed E-state index contributed by atoms with van der Waals surface area (Å²) in [6.45, 7) is 6.30. The highest BCUT2D eigenvalue weighted by molar-refractivity contribution is 7.99. The minimum absolute atomic E-state index is 0.0568. The third-order valence-electron chi connectivity index (χ3n) is 4.85. The first-order valence-electron chi connectivity index (χ1n) is 10.1. The second-order valence-corrected chi connectivity index (χ2v) is 9.78. The number of pyridine rings is 1. The second-order valence-electron chi connectivity index (χ2n) is 8.31. The first kappa shape index (κ1) is 24.8. The molecule has 0 atom stereocenters. The molecule has 0 amide bonds. The number of halogens is 3. The van der Waals surface area contributed by atoms with Crippen LogP contribution in [0.3, 0.4) is 0 Å². The number of thiocarbonyl (C=S) groups is 1. The standard InChI is InChI=1S/C25H23F3N2OS2/c1-25(2,3)17-12-14-30(15-13-17)21(22(31)16-4-6-18(26)7-5-16)23(32)29-19-8-10-20(11-9-19)33-24(27)28/h4-15,24H,1-3H3,(H-,29,31,32)/p+1. The zero-order valence-electron chi connectivity index (χ0n) is 18.4. The van der Waals surface area contributed by atoms with Gasteiger partial charge >= 0.3 is 0 Å². The van der Waals surface area contributed by atoms with E-state index in [1.165, 1.54) is 24.3 Å². The van der Waals surface area contributed by atoms with Gasteiger partial charge < -0.3 is 10.4 Å². The van der Waals surface area contributed by atoms with E-state index in [2.05, 4.69) is 26.1 Å². The molecule has 0 saturated heterocycles. The Labute approximate surface area is 201 Å². The first-order chi connectivity index (χ1) is 15.5. The van der Waals surface area contributed by atoms with Crippen LogP contribution in [0.5, 0.6) is 0 Å². The summed E-state index contributed by atoms with van der Waals surface area (Å²) in [6.07, 6.45) is 3.60. The molecule has 8 heteroatoms. The average molecular weight is 490 g/mol. The van der Waals surface area contributed by atoms with Crippen LogP contribution >= 0.6 is 24.0 Å². The number of benzene rings is 2. The van der Waals surface area contributed by atoms with Crippen LogP contribution in [0.4, 0.5) is 18.9 Å². The summed E-state index contributed by atoms with van der Waals surface area (Å²) >= 11 is 6.06. The van der Waals surface area contributed by atoms with E-state index in [1.807, 2.05) is 12.1 Å². The molecule has 0 fully saturated rings. The number of alkyl halides is 2. The van der Waals surface area contributed by atoms with Gasteiger partial charge in [0, 0.05) is 28.3 Å². The zero-order chi connectivity index (χ0) is 24.2. The normalized spacial score (nSPS) is 12.5. The number of hydrogen-bond acceptors (Lipinski definition) is 3. The van der Waals surface area contributed by atoms with Crippen LogP contribution in [0.15, 0.2) is 78.0 Å². The SMILES string of the molecule is CC(C)(C)c1cc[n+](/C(C(=S)Nc2ccc(SC(F)F)cc2)=C(/O)c2ccc(F)cc2)cc1. The van der Waals surface area contributed by atoms with Gasteiger partial charge in [-0.05, 0) is 59.5 Å². The Balaban J connectivity index is 1.98. The molecule has 3 aromatic rings. The predicted octanol–water partition coefficient (Wildman–Crippen LogP) is 7.05. The maximum atomic E-state index is 13.4. The lowest BCUT2D eigenvalue weighted by Crippen LogP contribution is -2.39. The van der Waals surface area contributed by atoms with Crippen LogP contribution in [0.25, 0.3) is 11.5 Å². The van der Waals surface area contributed by atoms with Crippen LogP contribution in [-0.4, -0.2) is 15.9 Å². The number of hydrogen-bond donors (Lipinski definition) is 2. The Hall–Kier alpha value is -2.84. The van der Waals surface area contributed by atoms with Gasteiger partial charge in [0.25, 0.3) is 11.5 Å². The maximum Gasteiger partial charge on any atom is 0.288 e. The molecule has 1 aromatic heterocycles. The molecule has 0 radical (unpaired) electrons. The summed E-state index contributed by atoms with van der Waals surface area (Å²) in [6, 6.07) is 15.7. The van der Waals surface area contributed by atoms with E-state index >= 15 is 0 Å². The van der Waals surface area contributed by atoms with Crippen LogP contribution in [0.2, 0.25) is 0 Å². The highest BCUT2D eigenvalue weighted by atomic mass is 32.2. The summed E-state index contributed by atoms with van der Waals surface area (Å²) < 4.78 is 40.2. The largest absolute Gasteiger partial charge is 0.502 e. The Kier molecular flexibility index (Phi) is 7.81. The average Bonchev–Trinajstić information content (AvgIpc) is 2.75. The molecule has 2 N–H and O–H groups in total. The molecule has 0 aliphatic rings. The smallest absolute Gasteiger partial charge is 0.288 e. The number of anilines is 1. The van der Waals surface area contributed by atoms with Gasteiger partial charge in [-0.25, -0.2) is 4.39 Å². The molecule has 2 aromatic carbocycles. The fraction of sp³-hybridized carbons (Fsp3) is 0.200. The molecule has 33 heavy (non-hydrogen) atoms. The van der Waals surface area contributed by atoms with Crippen molar-refractivity contribution >= 4 is 46.1 Å². The number of nitrogens with zero attached hydrogens (tertiary/aromatic N) is 1. The Morgan fingerprint density at radius 1 is 0.970 bits per heavy atom. The van der Waals surface area contributed by atoms with Gasteiger partial charge in [0.2, 0.25) is 0 Å². The lowest BCUT2D eigenvalue weighted by Gasteiger charge is -2.18. The van der Waals surface area contributed by atoms with E-state index in [0.29, 0.717) is 33.6 Å². The molecule has 0 unspecified atom stereocenters. The van der Waals surface area contributed by atoms with E-state index < -0.39 is 11.6 Å². The van der Waals surface area contributed by atoms with E-state index in [9.17, 15) is 18.3 Å². The minimum atomic E-state index is -2.50. The summed E-state index contributed by atoms with van der Waals surface area (Å²) in [5.74, 6) is -3.05. The van der Waals surface area contributed by atoms with Gasteiger partial charge in [0.15, 0.2) is 23.1 Å². The van der Waals surface area contributed by atoms with Crippen LogP contribution in [0, 0.1) is 5.82 Å². The monoisotopic (exact) mass is 489 g/mol. The number of aromatic nitrogens is 1. The molecule has 0 spiro atoms. The van der Waals surface area contributed by atoms with Crippen LogP contribution in [-0.2, 0) is 5.41 Å². The third kappa shape index (κ3) is 6.58. The Morgan fingerprint density at radius 3 is 2.06 bits per heavy atom. The van der Waals surface area contributed by atoms with E-state index in [0.717, 1.165) is 5.56 Å². The van der Waals surface area contributed by atoms with Gasteiger partial charge in [0.1, 0.15) is 5.82 Å². The van der Waals surface area contributed by atoms with Crippen molar-refractivity contribution in [2.24, 2.45) is 0 Å². The number of rotatable bonds is 6. The predicted molar refractivity (Wildman–Crippen MR) is 132 cm³/mol. The number of thioether (sulfide) groups is 1. The second kappa shape index (κ2) is 10.4. The first-order valence-corrected chi connectivity index (χ1v) is 11.4. The number of aliphatic hydroxyl groups is 1. The zero-order valence-corrected chi connectivity index (χ0v) is 20.0. The Morgan fingerprint density at radius 2 is 1.55 bits per heavy atom. The van der Waals surface area contributed by atoms with Crippen molar-refractivity contribution < 1.29 is 22.8 Å². The van der Waals surface area contributed by atoms with Crippen LogP contribution < -0.4 is 9.88 Å². The van der Waals surface area contributed by atoms with Crippen molar-refractivity contribution in [3.05, 3.63) is 90.0 Å². The minimum Gasteiger partial charge on any atom is -0.502 e. The summed E-state index contributed by atoms with van der Waals surface area (Å²) in [5, 5.41) is 14.1. The number of nitrogens with one attached hydrogen (secondary N) is 1. The van der Waals surface area contributed by atoms with E-state index in [4.69, 9.17) is 12.2 Å². The lowest BCUT2D eigenvalue weighted by molar-refractivity contribution is -0.575. The Bertz CT molecular complexity index is 1140. The molecule has 0 aliphatic carbocycles. The fourth-order valence-corrected chi connectivity index (χ4v) is 3.90. The fourth-order valence-electron chi connectivity index (χ4n) is 3.08. The third-order valence-corrected chi connectivity index (χ3v) is 5.87. The highest BCUT2D eigenvalue weighted by Crippen LogP contribution is 2.27. The molecule has 3 nitrogen and oxygen atoms in total. The van der Waals surface area contributed by atoms with Crippen molar-refractivity contribution in [3.8, 4) is 0 Å². The molecular weight excluding hydrogens is 465 g/mol. The van der Waals surface area contributed by atoms with Crippen molar-refractivity contribution in [3.63, 3.8) is 0 Å². The van der Waals surface area contributed by atoms with Gasteiger partial charge in [0.05, 0.1) is 0 Å². The quantitative estimate of drug-likeness (QED) is 0.128. The molecule has 0 bridgehead atoms. The van der Waals surface area contributed by atoms with Crippen molar-refractivity contribution in [1.82, 2.24) is 0 Å². The molecule has 3 rings (SSSR count). The molecule has 172 valence electrons. The van der Waals surface area contributed by atoms with Crippen molar-refractivity contribution in [1.29, 1.82) is 0 Å². The van der Waals surface area contributed by atoms with E-state index in [1.54, 1.807) is 41.2 Å². The number of aliphatic hydroxyl groups excluding tert-OH is 1. The molecule has 0 aliphatic heterocycles. The van der Waals surface area contributed by atoms with E-state index in [-0.39, 0.29) is 16.2 Å². The molecular formula is C25H24F3N2OS2+. The molecule has 1 heterocycles. The van der Waals surface area contributed by atoms with Crippen LogP contribution in [0.1, 0.15) is 31.9 Å². The van der Waals surface area contributed by atoms with Gasteiger partial charge in [-0.3, -0.25) is 0 Å². The lowest BCUT2D eigenvalue weighted by atomic mass is 9.88. The highest BCUT2D eigenvalue weighted by Gasteiger charge is 2.25. The summed E-state index contributed by atoms with van der Waals surface area (Å²) in [5.41, 5.74) is 2.31. The summed E-state index contributed by atoms with van der Waals surface area (Å²) in [4.78, 5) is 0.637. The van der Waals surface area contributed by atoms with Crippen molar-refractivity contribution in [2.45, 2.75) is 36.8 Å². The summed E-state index contributed by atoms with van der Waals surface area (Å²) in [7, 11) is 0. The van der Waals surface area contributed by atoms with Gasteiger partial charge in [-0.1, -0.05) is 44.8 Å². The molecule has 0 saturated carbocycles. The topological polar surface area (TPSA) is 36.1 Å². The maximum absolute atomic E-state index is 13.4. The van der Waals surface area contributed by atoms with Gasteiger partial charge in [-0.2, -0.15) is 13.3 Å². The van der Waals surface area contributed by atoms with Gasteiger partial charge in [-0.15, -0.1) is 0 Å². The van der Waals surface area contributed by atoms with Crippen molar-refractivity contribution in [2.75, 3.05) is 5.32 Å².